The lowest BCUT2D eigenvalue weighted by Crippen LogP contribution is -2.61. The van der Waals surface area contributed by atoms with Gasteiger partial charge in [-0.15, -0.1) is 0 Å². The molecule has 0 radical (unpaired) electrons. The fourth-order valence-electron chi connectivity index (χ4n) is 5.19. The third-order valence-electron chi connectivity index (χ3n) is 6.87. The molecule has 4 aromatic carbocycles. The van der Waals surface area contributed by atoms with E-state index in [-0.39, 0.29) is 5.41 Å². The average Bonchev–Trinajstić information content (AvgIpc) is 2.92. The van der Waals surface area contributed by atoms with E-state index in [1.807, 2.05) is 18.3 Å². The zero-order chi connectivity index (χ0) is 20.7. The maximum atomic E-state index is 6.99. The van der Waals surface area contributed by atoms with Crippen molar-refractivity contribution in [2.75, 3.05) is 11.9 Å². The smallest absolute Gasteiger partial charge is 0.228 e. The summed E-state index contributed by atoms with van der Waals surface area (Å²) in [6, 6.07) is 22.9. The molecule has 0 unspecified atom stereocenters. The highest BCUT2D eigenvalue weighted by Gasteiger charge is 2.58. The molecule has 0 N–H and O–H groups in total. The van der Waals surface area contributed by atoms with Crippen LogP contribution in [0, 0.1) is 0 Å². The van der Waals surface area contributed by atoms with Crippen molar-refractivity contribution in [2.24, 2.45) is 4.99 Å². The molecule has 30 heavy (non-hydrogen) atoms. The molecule has 4 heteroatoms. The maximum Gasteiger partial charge on any atom is 0.228 e. The zero-order valence-electron chi connectivity index (χ0n) is 17.1. The monoisotopic (exact) mass is 412 g/mol. The van der Waals surface area contributed by atoms with Crippen LogP contribution in [0.3, 0.4) is 0 Å². The van der Waals surface area contributed by atoms with E-state index in [1.165, 1.54) is 10.8 Å². The van der Waals surface area contributed by atoms with Gasteiger partial charge in [-0.05, 0) is 48.4 Å². The topological polar surface area (TPSA) is 24.8 Å². The molecule has 0 saturated carbocycles. The summed E-state index contributed by atoms with van der Waals surface area (Å²) in [4.78, 5) is 7.22. The van der Waals surface area contributed by atoms with Crippen LogP contribution in [0.25, 0.3) is 21.5 Å². The first-order chi connectivity index (χ1) is 14.4. The van der Waals surface area contributed by atoms with Crippen molar-refractivity contribution < 1.29 is 4.74 Å². The van der Waals surface area contributed by atoms with E-state index in [4.69, 9.17) is 21.3 Å². The van der Waals surface area contributed by atoms with Crippen molar-refractivity contribution in [3.8, 4) is 5.75 Å². The van der Waals surface area contributed by atoms with Gasteiger partial charge >= 0.3 is 0 Å². The minimum absolute atomic E-state index is 0.351. The SMILES string of the molecule is CN1c2ccc(Cl)cc2C(C)(C)[C@]12C=Nc1c(c3ccccc3c3ccccc13)O2. The van der Waals surface area contributed by atoms with Gasteiger partial charge in [0.15, 0.2) is 5.75 Å². The van der Waals surface area contributed by atoms with Gasteiger partial charge < -0.3 is 9.64 Å². The molecule has 2 aliphatic heterocycles. The van der Waals surface area contributed by atoms with Gasteiger partial charge in [-0.25, -0.2) is 0 Å². The third-order valence-corrected chi connectivity index (χ3v) is 7.11. The Labute approximate surface area is 180 Å². The Balaban J connectivity index is 1.66. The number of anilines is 1. The van der Waals surface area contributed by atoms with E-state index in [0.29, 0.717) is 0 Å². The molecule has 148 valence electrons. The Bertz CT molecular complexity index is 1390. The summed E-state index contributed by atoms with van der Waals surface area (Å²) in [5.74, 6) is 0.839. The molecule has 0 bridgehead atoms. The summed E-state index contributed by atoms with van der Waals surface area (Å²) in [5, 5.41) is 5.30. The lowest BCUT2D eigenvalue weighted by Gasteiger charge is -2.45. The second-order valence-electron chi connectivity index (χ2n) is 8.67. The average molecular weight is 413 g/mol. The van der Waals surface area contributed by atoms with Crippen molar-refractivity contribution >= 4 is 50.7 Å². The van der Waals surface area contributed by atoms with E-state index in [0.717, 1.165) is 38.5 Å². The predicted molar refractivity (Wildman–Crippen MR) is 126 cm³/mol. The second kappa shape index (κ2) is 5.77. The van der Waals surface area contributed by atoms with E-state index >= 15 is 0 Å². The standard InChI is InChI=1S/C26H21ClN2O/c1-25(2)21-14-16(27)12-13-22(21)29(3)26(25)15-28-23-19-10-6-4-8-17(19)18-9-5-7-11-20(18)24(23)30-26/h4-15H,1-3H3/t26-/m1/s1. The predicted octanol–water partition coefficient (Wildman–Crippen LogP) is 6.87. The largest absolute Gasteiger partial charge is 0.459 e. The van der Waals surface area contributed by atoms with Gasteiger partial charge in [0.25, 0.3) is 0 Å². The fraction of sp³-hybridized carbons (Fsp3) is 0.192. The van der Waals surface area contributed by atoms with Crippen LogP contribution in [-0.2, 0) is 5.41 Å². The first-order valence-electron chi connectivity index (χ1n) is 10.2. The molecule has 4 aromatic rings. The number of rotatable bonds is 0. The van der Waals surface area contributed by atoms with Crippen LogP contribution in [0.1, 0.15) is 19.4 Å². The van der Waals surface area contributed by atoms with Gasteiger partial charge in [0, 0.05) is 28.5 Å². The van der Waals surface area contributed by atoms with Crippen LogP contribution in [0.2, 0.25) is 5.02 Å². The minimum Gasteiger partial charge on any atom is -0.459 e. The first-order valence-corrected chi connectivity index (χ1v) is 10.5. The third kappa shape index (κ3) is 2.03. The number of nitrogens with zero attached hydrogens (tertiary/aromatic N) is 2. The molecule has 2 aliphatic rings. The molecule has 6 rings (SSSR count). The number of hydrogen-bond acceptors (Lipinski definition) is 3. The van der Waals surface area contributed by atoms with Crippen LogP contribution in [0.5, 0.6) is 5.75 Å². The second-order valence-corrected chi connectivity index (χ2v) is 9.11. The van der Waals surface area contributed by atoms with Gasteiger partial charge in [-0.3, -0.25) is 4.99 Å². The highest BCUT2D eigenvalue weighted by Crippen LogP contribution is 2.56. The summed E-state index contributed by atoms with van der Waals surface area (Å²) in [7, 11) is 2.07. The van der Waals surface area contributed by atoms with Gasteiger partial charge in [0.05, 0.1) is 11.6 Å². The first kappa shape index (κ1) is 17.8. The molecule has 0 aromatic heterocycles. The number of hydrogen-bond donors (Lipinski definition) is 0. The van der Waals surface area contributed by atoms with E-state index < -0.39 is 5.72 Å². The lowest BCUT2D eigenvalue weighted by molar-refractivity contribution is 0.0844. The molecule has 0 aliphatic carbocycles. The Kier molecular flexibility index (Phi) is 3.42. The highest BCUT2D eigenvalue weighted by molar-refractivity contribution is 6.30. The van der Waals surface area contributed by atoms with E-state index in [9.17, 15) is 0 Å². The van der Waals surface area contributed by atoms with Crippen molar-refractivity contribution in [1.29, 1.82) is 0 Å². The van der Waals surface area contributed by atoms with Crippen LogP contribution in [-0.4, -0.2) is 19.0 Å². The van der Waals surface area contributed by atoms with Crippen molar-refractivity contribution in [2.45, 2.75) is 25.0 Å². The number of halogens is 1. The Morgan fingerprint density at radius 2 is 1.50 bits per heavy atom. The number of aliphatic imine (C=N–C) groups is 1. The quantitative estimate of drug-likeness (QED) is 0.294. The fourth-order valence-corrected chi connectivity index (χ4v) is 5.36. The van der Waals surface area contributed by atoms with Gasteiger partial charge in [0.2, 0.25) is 5.72 Å². The molecule has 2 heterocycles. The highest BCUT2D eigenvalue weighted by atomic mass is 35.5. The summed E-state index contributed by atoms with van der Waals surface area (Å²) in [6.07, 6.45) is 1.98. The number of likely N-dealkylation sites (N-methyl/N-ethyl adjacent to an activating group) is 1. The van der Waals surface area contributed by atoms with Crippen molar-refractivity contribution in [1.82, 2.24) is 0 Å². The molecular formula is C26H21ClN2O. The molecular weight excluding hydrogens is 392 g/mol. The van der Waals surface area contributed by atoms with Crippen molar-refractivity contribution in [3.63, 3.8) is 0 Å². The van der Waals surface area contributed by atoms with Crippen LogP contribution < -0.4 is 9.64 Å². The molecule has 1 atom stereocenters. The zero-order valence-corrected chi connectivity index (χ0v) is 17.9. The Hall–Kier alpha value is -3.04. The molecule has 0 saturated heterocycles. The summed E-state index contributed by atoms with van der Waals surface area (Å²) < 4.78 is 6.99. The van der Waals surface area contributed by atoms with Crippen LogP contribution in [0.15, 0.2) is 71.7 Å². The number of benzene rings is 4. The Morgan fingerprint density at radius 3 is 2.23 bits per heavy atom. The van der Waals surface area contributed by atoms with Crippen LogP contribution >= 0.6 is 11.6 Å². The number of ether oxygens (including phenoxy) is 1. The molecule has 0 amide bonds. The normalized spacial score (nSPS) is 21.1. The Morgan fingerprint density at radius 1 is 0.867 bits per heavy atom. The van der Waals surface area contributed by atoms with Gasteiger partial charge in [-0.2, -0.15) is 0 Å². The van der Waals surface area contributed by atoms with Crippen LogP contribution in [0.4, 0.5) is 11.4 Å². The minimum atomic E-state index is -0.738. The summed E-state index contributed by atoms with van der Waals surface area (Å²) in [5.41, 5.74) is 2.09. The lowest BCUT2D eigenvalue weighted by atomic mass is 9.77. The van der Waals surface area contributed by atoms with Gasteiger partial charge in [-0.1, -0.05) is 60.1 Å². The number of fused-ring (bicyclic) bond motifs is 7. The van der Waals surface area contributed by atoms with Gasteiger partial charge in [0.1, 0.15) is 5.69 Å². The maximum absolute atomic E-state index is 6.99. The molecule has 1 spiro atoms. The van der Waals surface area contributed by atoms with Crippen molar-refractivity contribution in [3.05, 3.63) is 77.3 Å². The molecule has 3 nitrogen and oxygen atoms in total. The summed E-state index contributed by atoms with van der Waals surface area (Å²) in [6.45, 7) is 4.40. The van der Waals surface area contributed by atoms with E-state index in [1.54, 1.807) is 0 Å². The molecule has 0 fully saturated rings. The van der Waals surface area contributed by atoms with E-state index in [2.05, 4.69) is 80.4 Å². The summed E-state index contributed by atoms with van der Waals surface area (Å²) >= 11 is 6.36.